The minimum atomic E-state index is 0.141. The smallest absolute Gasteiger partial charge is 0.0350 e. The van der Waals surface area contributed by atoms with Gasteiger partial charge in [0.2, 0.25) is 0 Å². The van der Waals surface area contributed by atoms with Crippen molar-refractivity contribution in [2.75, 3.05) is 6.54 Å². The largest absolute Gasteiger partial charge is 0.401 e. The van der Waals surface area contributed by atoms with Crippen LogP contribution in [0.4, 0.5) is 0 Å². The average Bonchev–Trinajstić information content (AvgIpc) is 1.59. The highest BCUT2D eigenvalue weighted by atomic mass is 15.0. The lowest BCUT2D eigenvalue weighted by Crippen LogP contribution is -2.37. The molecule has 54 valence electrons. The fourth-order valence-corrected chi connectivity index (χ4v) is 0.379. The van der Waals surface area contributed by atoms with E-state index in [0.29, 0.717) is 12.2 Å². The van der Waals surface area contributed by atoms with Crippen LogP contribution in [-0.4, -0.2) is 12.1 Å². The van der Waals surface area contributed by atoms with E-state index in [-0.39, 0.29) is 5.54 Å². The normalized spacial score (nSPS) is 11.4. The maximum atomic E-state index is 5.34. The van der Waals surface area contributed by atoms with E-state index in [2.05, 4.69) is 32.7 Å². The molecule has 0 spiro atoms. The molecule has 0 unspecified atom stereocenters. The third-order valence-corrected chi connectivity index (χ3v) is 0.846. The first-order chi connectivity index (χ1) is 3.92. The Labute approximate surface area is 57.1 Å². The summed E-state index contributed by atoms with van der Waals surface area (Å²) in [6.07, 6.45) is 0. The van der Waals surface area contributed by atoms with Gasteiger partial charge in [-0.2, -0.15) is 0 Å². The summed E-state index contributed by atoms with van der Waals surface area (Å²) in [6, 6.07) is 0. The maximum absolute atomic E-state index is 5.34. The summed E-state index contributed by atoms with van der Waals surface area (Å²) in [5, 5.41) is 3.20. The summed E-state index contributed by atoms with van der Waals surface area (Å²) in [5.41, 5.74) is 6.17. The highest BCUT2D eigenvalue weighted by molar-refractivity contribution is 4.91. The number of nitrogens with one attached hydrogen (secondary N) is 1. The molecule has 0 aliphatic rings. The second-order valence-corrected chi connectivity index (χ2v) is 3.26. The zero-order valence-electron chi connectivity index (χ0n) is 6.49. The van der Waals surface area contributed by atoms with Gasteiger partial charge >= 0.3 is 0 Å². The molecule has 0 heterocycles. The molecule has 0 aliphatic carbocycles. The maximum Gasteiger partial charge on any atom is 0.0350 e. The predicted molar refractivity (Wildman–Crippen MR) is 41.1 cm³/mol. The summed E-state index contributed by atoms with van der Waals surface area (Å²) < 4.78 is 0. The first-order valence-electron chi connectivity index (χ1n) is 3.10. The molecule has 0 saturated carbocycles. The van der Waals surface area contributed by atoms with Crippen molar-refractivity contribution < 1.29 is 0 Å². The quantitative estimate of drug-likeness (QED) is 0.578. The van der Waals surface area contributed by atoms with Crippen LogP contribution in [0.15, 0.2) is 12.3 Å². The van der Waals surface area contributed by atoms with E-state index in [1.165, 1.54) is 0 Å². The molecular weight excluding hydrogens is 112 g/mol. The third-order valence-electron chi connectivity index (χ3n) is 0.846. The van der Waals surface area contributed by atoms with Crippen LogP contribution in [0.1, 0.15) is 20.8 Å². The van der Waals surface area contributed by atoms with Gasteiger partial charge in [0.15, 0.2) is 0 Å². The van der Waals surface area contributed by atoms with Crippen LogP contribution in [0.2, 0.25) is 0 Å². The Balaban J connectivity index is 3.39. The SMILES string of the molecule is C=C(N)CNC(C)(C)C. The first kappa shape index (κ1) is 8.50. The van der Waals surface area contributed by atoms with E-state index in [4.69, 9.17) is 5.73 Å². The van der Waals surface area contributed by atoms with Gasteiger partial charge in [-0.1, -0.05) is 6.58 Å². The lowest BCUT2D eigenvalue weighted by Gasteiger charge is -2.19. The van der Waals surface area contributed by atoms with Gasteiger partial charge in [0, 0.05) is 17.8 Å². The Hall–Kier alpha value is -0.500. The monoisotopic (exact) mass is 128 g/mol. The number of nitrogens with two attached hydrogens (primary N) is 1. The molecular formula is C7H16N2. The predicted octanol–water partition coefficient (Wildman–Crippen LogP) is 0.847. The van der Waals surface area contributed by atoms with Gasteiger partial charge in [0.1, 0.15) is 0 Å². The summed E-state index contributed by atoms with van der Waals surface area (Å²) in [5.74, 6) is 0. The minimum Gasteiger partial charge on any atom is -0.401 e. The molecule has 0 aromatic rings. The van der Waals surface area contributed by atoms with E-state index in [1.807, 2.05) is 0 Å². The average molecular weight is 128 g/mol. The van der Waals surface area contributed by atoms with E-state index in [9.17, 15) is 0 Å². The molecule has 0 fully saturated rings. The van der Waals surface area contributed by atoms with E-state index in [0.717, 1.165) is 0 Å². The number of hydrogen-bond donors (Lipinski definition) is 2. The van der Waals surface area contributed by atoms with E-state index >= 15 is 0 Å². The van der Waals surface area contributed by atoms with E-state index in [1.54, 1.807) is 0 Å². The van der Waals surface area contributed by atoms with Crippen LogP contribution in [-0.2, 0) is 0 Å². The van der Waals surface area contributed by atoms with Crippen molar-refractivity contribution in [1.82, 2.24) is 5.32 Å². The van der Waals surface area contributed by atoms with Crippen molar-refractivity contribution in [2.45, 2.75) is 26.3 Å². The fraction of sp³-hybridized carbons (Fsp3) is 0.714. The highest BCUT2D eigenvalue weighted by Crippen LogP contribution is 1.97. The van der Waals surface area contributed by atoms with Crippen molar-refractivity contribution >= 4 is 0 Å². The first-order valence-corrected chi connectivity index (χ1v) is 3.10. The molecule has 0 bridgehead atoms. The molecule has 0 atom stereocenters. The Bertz CT molecular complexity index is 100.0. The van der Waals surface area contributed by atoms with Crippen molar-refractivity contribution in [3.05, 3.63) is 12.3 Å². The second-order valence-electron chi connectivity index (χ2n) is 3.26. The van der Waals surface area contributed by atoms with Crippen LogP contribution in [0, 0.1) is 0 Å². The molecule has 0 aromatic carbocycles. The second kappa shape index (κ2) is 2.87. The lowest BCUT2D eigenvalue weighted by atomic mass is 10.1. The van der Waals surface area contributed by atoms with Crippen LogP contribution < -0.4 is 11.1 Å². The highest BCUT2D eigenvalue weighted by Gasteiger charge is 2.06. The van der Waals surface area contributed by atoms with Crippen molar-refractivity contribution in [2.24, 2.45) is 5.73 Å². The molecule has 2 heteroatoms. The molecule has 0 aromatic heterocycles. The van der Waals surface area contributed by atoms with Gasteiger partial charge in [0.05, 0.1) is 0 Å². The van der Waals surface area contributed by atoms with Crippen LogP contribution in [0.5, 0.6) is 0 Å². The molecule has 0 amide bonds. The summed E-state index contributed by atoms with van der Waals surface area (Å²) in [7, 11) is 0. The van der Waals surface area contributed by atoms with Gasteiger partial charge in [-0.3, -0.25) is 0 Å². The molecule has 0 saturated heterocycles. The van der Waals surface area contributed by atoms with Gasteiger partial charge in [0.25, 0.3) is 0 Å². The topological polar surface area (TPSA) is 38.0 Å². The van der Waals surface area contributed by atoms with Gasteiger partial charge in [-0.15, -0.1) is 0 Å². The number of rotatable bonds is 2. The molecule has 0 rings (SSSR count). The van der Waals surface area contributed by atoms with Gasteiger partial charge in [-0.05, 0) is 20.8 Å². The summed E-state index contributed by atoms with van der Waals surface area (Å²) in [4.78, 5) is 0. The van der Waals surface area contributed by atoms with Crippen molar-refractivity contribution in [3.8, 4) is 0 Å². The molecule has 3 N–H and O–H groups in total. The van der Waals surface area contributed by atoms with Gasteiger partial charge in [-0.25, -0.2) is 0 Å². The van der Waals surface area contributed by atoms with E-state index < -0.39 is 0 Å². The zero-order chi connectivity index (χ0) is 7.49. The molecule has 2 nitrogen and oxygen atoms in total. The van der Waals surface area contributed by atoms with Gasteiger partial charge < -0.3 is 11.1 Å². The Kier molecular flexibility index (Phi) is 2.71. The van der Waals surface area contributed by atoms with Crippen LogP contribution >= 0.6 is 0 Å². The lowest BCUT2D eigenvalue weighted by molar-refractivity contribution is 0.444. The minimum absolute atomic E-state index is 0.141. The zero-order valence-corrected chi connectivity index (χ0v) is 6.49. The van der Waals surface area contributed by atoms with Crippen LogP contribution in [0.25, 0.3) is 0 Å². The Morgan fingerprint density at radius 3 is 2.11 bits per heavy atom. The standard InChI is InChI=1S/C7H16N2/c1-6(8)5-9-7(2,3)4/h9H,1,5,8H2,2-4H3. The molecule has 0 radical (unpaired) electrons. The Morgan fingerprint density at radius 1 is 1.56 bits per heavy atom. The molecule has 9 heavy (non-hydrogen) atoms. The number of hydrogen-bond acceptors (Lipinski definition) is 2. The van der Waals surface area contributed by atoms with Crippen molar-refractivity contribution in [1.29, 1.82) is 0 Å². The summed E-state index contributed by atoms with van der Waals surface area (Å²) in [6.45, 7) is 10.6. The molecule has 0 aliphatic heterocycles. The third kappa shape index (κ3) is 7.50. The fourth-order valence-electron chi connectivity index (χ4n) is 0.379. The Morgan fingerprint density at radius 2 is 2.00 bits per heavy atom. The summed E-state index contributed by atoms with van der Waals surface area (Å²) >= 11 is 0. The van der Waals surface area contributed by atoms with Crippen molar-refractivity contribution in [3.63, 3.8) is 0 Å². The van der Waals surface area contributed by atoms with Crippen LogP contribution in [0.3, 0.4) is 0 Å².